The van der Waals surface area contributed by atoms with Gasteiger partial charge in [0, 0.05) is 5.25 Å². The van der Waals surface area contributed by atoms with Gasteiger partial charge in [-0.3, -0.25) is 0 Å². The maximum atomic E-state index is 2.94. The molecule has 1 saturated carbocycles. The van der Waals surface area contributed by atoms with Gasteiger partial charge in [-0.15, -0.1) is 0 Å². The first-order valence-electron chi connectivity index (χ1n) is 2.37. The molecule has 0 amide bonds. The Kier molecular flexibility index (Phi) is 1.64. The predicted molar refractivity (Wildman–Crippen MR) is 33.5 cm³/mol. The normalized spacial score (nSPS) is 17.9. The van der Waals surface area contributed by atoms with Crippen LogP contribution in [0.25, 0.3) is 0 Å². The smallest absolute Gasteiger partial charge is 0.0440 e. The highest BCUT2D eigenvalue weighted by Crippen LogP contribution is 2.42. The fourth-order valence-corrected chi connectivity index (χ4v) is 0.829. The second-order valence-electron chi connectivity index (χ2n) is 1.49. The third-order valence-electron chi connectivity index (χ3n) is 0.752. The number of thioether (sulfide) groups is 1. The maximum absolute atomic E-state index is 2.94. The van der Waals surface area contributed by atoms with E-state index in [1.54, 1.807) is 17.0 Å². The Hall–Kier alpha value is -0.0900. The topological polar surface area (TPSA) is 0 Å². The van der Waals surface area contributed by atoms with E-state index >= 15 is 0 Å². The summed E-state index contributed by atoms with van der Waals surface area (Å²) in [6, 6.07) is 0. The van der Waals surface area contributed by atoms with Gasteiger partial charge < -0.3 is 0 Å². The second-order valence-corrected chi connectivity index (χ2v) is 2.48. The van der Waals surface area contributed by atoms with Crippen molar-refractivity contribution in [3.8, 4) is 11.2 Å². The van der Waals surface area contributed by atoms with Crippen molar-refractivity contribution in [2.45, 2.75) is 19.8 Å². The summed E-state index contributed by atoms with van der Waals surface area (Å²) in [7, 11) is 0. The van der Waals surface area contributed by atoms with Crippen LogP contribution in [0.1, 0.15) is 19.8 Å². The van der Waals surface area contributed by atoms with E-state index < -0.39 is 0 Å². The van der Waals surface area contributed by atoms with Crippen LogP contribution in [0.5, 0.6) is 0 Å². The van der Waals surface area contributed by atoms with Gasteiger partial charge >= 0.3 is 0 Å². The highest BCUT2D eigenvalue weighted by molar-refractivity contribution is 8.06. The molecule has 0 aromatic rings. The summed E-state index contributed by atoms with van der Waals surface area (Å²) in [5, 5.41) is 4.49. The fraction of sp³-hybridized carbons (Fsp3) is 0.500. The molecule has 1 heteroatoms. The van der Waals surface area contributed by atoms with Crippen molar-refractivity contribution in [3.63, 3.8) is 0 Å². The van der Waals surface area contributed by atoms with Crippen molar-refractivity contribution in [3.05, 3.63) is 5.25 Å². The third-order valence-corrected chi connectivity index (χ3v) is 1.75. The second kappa shape index (κ2) is 2.28. The Balaban J connectivity index is 2.05. The first kappa shape index (κ1) is 5.05. The summed E-state index contributed by atoms with van der Waals surface area (Å²) in [5.74, 6) is 2.83. The number of rotatable bonds is 1. The Morgan fingerprint density at radius 3 is 2.71 bits per heavy atom. The van der Waals surface area contributed by atoms with E-state index in [0.29, 0.717) is 0 Å². The van der Waals surface area contributed by atoms with Crippen molar-refractivity contribution in [1.29, 1.82) is 0 Å². The Bertz CT molecular complexity index is 103. The largest absolute Gasteiger partial charge is 0.0947 e. The molecule has 0 aliphatic heterocycles. The lowest BCUT2D eigenvalue weighted by atomic mass is 10.8. The van der Waals surface area contributed by atoms with Crippen molar-refractivity contribution in [2.24, 2.45) is 0 Å². The van der Waals surface area contributed by atoms with E-state index in [2.05, 4.69) is 11.2 Å². The Morgan fingerprint density at radius 1 is 1.57 bits per heavy atom. The highest BCUT2D eigenvalue weighted by atomic mass is 32.2. The average Bonchev–Trinajstić information content (AvgIpc) is 2.42. The van der Waals surface area contributed by atoms with Crippen LogP contribution in [0.4, 0.5) is 0 Å². The summed E-state index contributed by atoms with van der Waals surface area (Å²) >= 11 is 1.70. The molecule has 0 saturated heterocycles. The molecule has 0 atom stereocenters. The highest BCUT2D eigenvalue weighted by Gasteiger charge is 2.21. The first-order chi connectivity index (χ1) is 3.43. The summed E-state index contributed by atoms with van der Waals surface area (Å²) < 4.78 is 0. The van der Waals surface area contributed by atoms with Crippen LogP contribution in [0.15, 0.2) is 0 Å². The minimum absolute atomic E-state index is 1.30. The van der Waals surface area contributed by atoms with Gasteiger partial charge in [0.25, 0.3) is 0 Å². The van der Waals surface area contributed by atoms with Crippen LogP contribution in [0, 0.1) is 16.4 Å². The van der Waals surface area contributed by atoms with Crippen molar-refractivity contribution >= 4 is 11.8 Å². The van der Waals surface area contributed by atoms with E-state index in [-0.39, 0.29) is 0 Å². The van der Waals surface area contributed by atoms with Gasteiger partial charge in [-0.25, -0.2) is 0 Å². The zero-order chi connectivity index (χ0) is 5.11. The lowest BCUT2D eigenvalue weighted by Gasteiger charge is -1.74. The summed E-state index contributed by atoms with van der Waals surface area (Å²) in [5.41, 5.74) is 0. The van der Waals surface area contributed by atoms with Crippen molar-refractivity contribution in [2.75, 3.05) is 0 Å². The quantitative estimate of drug-likeness (QED) is 0.466. The molecule has 0 bridgehead atoms. The molecule has 1 fully saturated rings. The molecule has 0 nitrogen and oxygen atoms in total. The van der Waals surface area contributed by atoms with E-state index in [0.717, 1.165) is 0 Å². The monoisotopic (exact) mass is 111 g/mol. The molecule has 1 radical (unpaired) electrons. The summed E-state index contributed by atoms with van der Waals surface area (Å²) in [6.45, 7) is 1.87. The van der Waals surface area contributed by atoms with Crippen LogP contribution >= 0.6 is 11.8 Å². The van der Waals surface area contributed by atoms with Gasteiger partial charge in [0.15, 0.2) is 0 Å². The molecule has 0 aromatic heterocycles. The van der Waals surface area contributed by atoms with Crippen LogP contribution < -0.4 is 0 Å². The predicted octanol–water partition coefficient (Wildman–Crippen LogP) is 2.03. The lowest BCUT2D eigenvalue weighted by molar-refractivity contribution is 1.50. The van der Waals surface area contributed by atoms with E-state index in [1.807, 2.05) is 6.92 Å². The molecule has 7 heavy (non-hydrogen) atoms. The van der Waals surface area contributed by atoms with Gasteiger partial charge in [0.1, 0.15) is 0 Å². The summed E-state index contributed by atoms with van der Waals surface area (Å²) in [6.07, 6.45) is 2.61. The minimum atomic E-state index is 1.30. The Morgan fingerprint density at radius 2 is 2.29 bits per heavy atom. The average molecular weight is 111 g/mol. The van der Waals surface area contributed by atoms with Crippen LogP contribution in [-0.2, 0) is 0 Å². The van der Waals surface area contributed by atoms with Gasteiger partial charge in [0.05, 0.1) is 0 Å². The molecule has 1 aliphatic rings. The van der Waals surface area contributed by atoms with Gasteiger partial charge in [-0.2, -0.15) is 0 Å². The molecule has 1 aliphatic carbocycles. The lowest BCUT2D eigenvalue weighted by Crippen LogP contribution is -1.49. The summed E-state index contributed by atoms with van der Waals surface area (Å²) in [4.78, 5) is 0. The third kappa shape index (κ3) is 1.89. The van der Waals surface area contributed by atoms with Crippen molar-refractivity contribution in [1.82, 2.24) is 0 Å². The molecular formula is C6H7S. The van der Waals surface area contributed by atoms with Crippen LogP contribution in [0.3, 0.4) is 0 Å². The standard InChI is InChI=1S/C6H7S/c1-2-5-7-6-3-4-6/h3-4H2,1H3. The fourth-order valence-electron chi connectivity index (χ4n) is 0.276. The van der Waals surface area contributed by atoms with E-state index in [9.17, 15) is 0 Å². The van der Waals surface area contributed by atoms with E-state index in [4.69, 9.17) is 0 Å². The molecular weight excluding hydrogens is 104 g/mol. The maximum Gasteiger partial charge on any atom is 0.0440 e. The van der Waals surface area contributed by atoms with Crippen LogP contribution in [-0.4, -0.2) is 0 Å². The molecule has 0 heterocycles. The van der Waals surface area contributed by atoms with Gasteiger partial charge in [0.2, 0.25) is 0 Å². The molecule has 0 N–H and O–H groups in total. The molecule has 37 valence electrons. The van der Waals surface area contributed by atoms with Gasteiger partial charge in [-0.05, 0) is 25.0 Å². The Labute approximate surface area is 48.7 Å². The zero-order valence-corrected chi connectivity index (χ0v) is 5.14. The SMILES string of the molecule is CC#CS[C]1CC1. The van der Waals surface area contributed by atoms with Crippen molar-refractivity contribution < 1.29 is 0 Å². The minimum Gasteiger partial charge on any atom is -0.0947 e. The number of hydrogen-bond acceptors (Lipinski definition) is 1. The molecule has 0 unspecified atom stereocenters. The van der Waals surface area contributed by atoms with Crippen LogP contribution in [0.2, 0.25) is 0 Å². The molecule has 0 aromatic carbocycles. The van der Waals surface area contributed by atoms with Gasteiger partial charge in [-0.1, -0.05) is 17.7 Å². The van der Waals surface area contributed by atoms with E-state index in [1.165, 1.54) is 12.8 Å². The zero-order valence-electron chi connectivity index (χ0n) is 4.32. The number of hydrogen-bond donors (Lipinski definition) is 0. The molecule has 0 spiro atoms. The molecule has 1 rings (SSSR count). The first-order valence-corrected chi connectivity index (χ1v) is 3.18.